The second kappa shape index (κ2) is 1.98. The number of hydrogen-bond acceptors (Lipinski definition) is 4. The minimum absolute atomic E-state index is 0.549. The molecule has 0 unspecified atom stereocenters. The van der Waals surface area contributed by atoms with E-state index in [2.05, 4.69) is 20.2 Å². The molecule has 0 amide bonds. The smallest absolute Gasteiger partial charge is 0.213 e. The van der Waals surface area contributed by atoms with Crippen LogP contribution in [0.2, 0.25) is 0 Å². The van der Waals surface area contributed by atoms with E-state index in [0.717, 1.165) is 11.4 Å². The molecule has 0 N–H and O–H groups in total. The Kier molecular flexibility index (Phi) is 1.12. The van der Waals surface area contributed by atoms with E-state index >= 15 is 0 Å². The Morgan fingerprint density at radius 2 is 2.09 bits per heavy atom. The molecule has 2 aromatic rings. The topological polar surface area (TPSA) is 56.0 Å². The van der Waals surface area contributed by atoms with E-state index in [1.54, 1.807) is 0 Å². The Hall–Kier alpha value is -1.52. The molecule has 0 aromatic carbocycles. The predicted molar refractivity (Wildman–Crippen MR) is 38.1 cm³/mol. The van der Waals surface area contributed by atoms with Crippen molar-refractivity contribution >= 4 is 5.78 Å². The lowest BCUT2D eigenvalue weighted by atomic mass is 10.4. The minimum atomic E-state index is 0.549. The lowest BCUT2D eigenvalue weighted by Gasteiger charge is -1.95. The van der Waals surface area contributed by atoms with Crippen LogP contribution in [0.15, 0.2) is 6.33 Å². The first-order chi connectivity index (χ1) is 5.27. The second-order valence-electron chi connectivity index (χ2n) is 2.33. The van der Waals surface area contributed by atoms with Gasteiger partial charge in [0.25, 0.3) is 5.78 Å². The average molecular weight is 149 g/mol. The molecule has 2 aromatic heterocycles. The molecule has 0 fully saturated rings. The Bertz CT molecular complexity index is 355. The van der Waals surface area contributed by atoms with Crippen LogP contribution in [0.25, 0.3) is 5.78 Å². The van der Waals surface area contributed by atoms with Gasteiger partial charge in [-0.15, -0.1) is 9.73 Å². The lowest BCUT2D eigenvalue weighted by Crippen LogP contribution is -2.01. The van der Waals surface area contributed by atoms with Gasteiger partial charge in [-0.1, -0.05) is 0 Å². The molecule has 0 saturated carbocycles. The van der Waals surface area contributed by atoms with E-state index in [1.165, 1.54) is 11.0 Å². The third kappa shape index (κ3) is 0.849. The van der Waals surface area contributed by atoms with Gasteiger partial charge >= 0.3 is 0 Å². The molecule has 0 aliphatic rings. The molecule has 5 nitrogen and oxygen atoms in total. The van der Waals surface area contributed by atoms with Crippen LogP contribution in [-0.2, 0) is 0 Å². The molecule has 2 rings (SSSR count). The maximum atomic E-state index is 4.16. The Morgan fingerprint density at radius 1 is 1.27 bits per heavy atom. The SMILES string of the molecule is Cc1nc2ncnn2nc1C. The predicted octanol–water partition coefficient (Wildman–Crippen LogP) is 0.136. The molecule has 2 heterocycles. The van der Waals surface area contributed by atoms with Gasteiger partial charge in [-0.3, -0.25) is 0 Å². The van der Waals surface area contributed by atoms with Crippen molar-refractivity contribution < 1.29 is 0 Å². The molecule has 0 aliphatic carbocycles. The summed E-state index contributed by atoms with van der Waals surface area (Å²) in [7, 11) is 0. The van der Waals surface area contributed by atoms with Crippen molar-refractivity contribution in [1.82, 2.24) is 24.8 Å². The maximum Gasteiger partial charge on any atom is 0.270 e. The van der Waals surface area contributed by atoms with Gasteiger partial charge in [-0.25, -0.2) is 4.98 Å². The van der Waals surface area contributed by atoms with E-state index in [0.29, 0.717) is 5.78 Å². The zero-order valence-corrected chi connectivity index (χ0v) is 6.31. The number of fused-ring (bicyclic) bond motifs is 1. The van der Waals surface area contributed by atoms with Gasteiger partial charge in [0.05, 0.1) is 11.4 Å². The fourth-order valence-electron chi connectivity index (χ4n) is 0.819. The highest BCUT2D eigenvalue weighted by molar-refractivity contribution is 5.24. The molecule has 11 heavy (non-hydrogen) atoms. The van der Waals surface area contributed by atoms with Gasteiger partial charge in [0, 0.05) is 0 Å². The van der Waals surface area contributed by atoms with Gasteiger partial charge < -0.3 is 0 Å². The van der Waals surface area contributed by atoms with Crippen LogP contribution >= 0.6 is 0 Å². The van der Waals surface area contributed by atoms with Crippen LogP contribution in [0.4, 0.5) is 0 Å². The van der Waals surface area contributed by atoms with Crippen LogP contribution in [0.5, 0.6) is 0 Å². The second-order valence-corrected chi connectivity index (χ2v) is 2.33. The Morgan fingerprint density at radius 3 is 2.91 bits per heavy atom. The first-order valence-electron chi connectivity index (χ1n) is 3.28. The number of rotatable bonds is 0. The largest absolute Gasteiger partial charge is 0.270 e. The number of hydrogen-bond donors (Lipinski definition) is 0. The summed E-state index contributed by atoms with van der Waals surface area (Å²) in [6, 6.07) is 0. The third-order valence-electron chi connectivity index (χ3n) is 1.55. The summed E-state index contributed by atoms with van der Waals surface area (Å²) >= 11 is 0. The summed E-state index contributed by atoms with van der Waals surface area (Å²) in [5.74, 6) is 0.549. The van der Waals surface area contributed by atoms with E-state index in [4.69, 9.17) is 0 Å². The highest BCUT2D eigenvalue weighted by Gasteiger charge is 2.00. The Balaban J connectivity index is 2.86. The molecule has 0 radical (unpaired) electrons. The molecular weight excluding hydrogens is 142 g/mol. The van der Waals surface area contributed by atoms with Crippen molar-refractivity contribution in [3.05, 3.63) is 17.7 Å². The molecule has 0 bridgehead atoms. The third-order valence-corrected chi connectivity index (χ3v) is 1.55. The van der Waals surface area contributed by atoms with Crippen LogP contribution in [-0.4, -0.2) is 24.8 Å². The minimum Gasteiger partial charge on any atom is -0.213 e. The fourth-order valence-corrected chi connectivity index (χ4v) is 0.819. The summed E-state index contributed by atoms with van der Waals surface area (Å²) in [5, 5.41) is 7.97. The zero-order valence-electron chi connectivity index (χ0n) is 6.31. The molecular formula is C6H7N5. The van der Waals surface area contributed by atoms with Gasteiger partial charge in [-0.05, 0) is 13.8 Å². The van der Waals surface area contributed by atoms with Gasteiger partial charge in [0.1, 0.15) is 6.33 Å². The van der Waals surface area contributed by atoms with Crippen LogP contribution in [0.3, 0.4) is 0 Å². The molecule has 0 spiro atoms. The van der Waals surface area contributed by atoms with E-state index in [9.17, 15) is 0 Å². The highest BCUT2D eigenvalue weighted by Crippen LogP contribution is 1.98. The van der Waals surface area contributed by atoms with Crippen molar-refractivity contribution in [3.8, 4) is 0 Å². The van der Waals surface area contributed by atoms with Gasteiger partial charge in [-0.2, -0.15) is 10.1 Å². The van der Waals surface area contributed by atoms with E-state index < -0.39 is 0 Å². The summed E-state index contributed by atoms with van der Waals surface area (Å²) in [6.07, 6.45) is 1.44. The van der Waals surface area contributed by atoms with Crippen molar-refractivity contribution in [1.29, 1.82) is 0 Å². The summed E-state index contributed by atoms with van der Waals surface area (Å²) < 4.78 is 1.42. The highest BCUT2D eigenvalue weighted by atomic mass is 15.5. The van der Waals surface area contributed by atoms with Gasteiger partial charge in [0.2, 0.25) is 0 Å². The fraction of sp³-hybridized carbons (Fsp3) is 0.333. The van der Waals surface area contributed by atoms with Crippen molar-refractivity contribution in [2.75, 3.05) is 0 Å². The molecule has 5 heteroatoms. The zero-order chi connectivity index (χ0) is 7.84. The quantitative estimate of drug-likeness (QED) is 0.534. The number of aryl methyl sites for hydroxylation is 2. The average Bonchev–Trinajstić information content (AvgIpc) is 2.36. The summed E-state index contributed by atoms with van der Waals surface area (Å²) in [6.45, 7) is 3.79. The standard InChI is InChI=1S/C6H7N5/c1-4-5(2)10-11-6(9-4)7-3-8-11/h3H,1-2H3. The molecule has 56 valence electrons. The first-order valence-corrected chi connectivity index (χ1v) is 3.28. The number of nitrogens with zero attached hydrogens (tertiary/aromatic N) is 5. The van der Waals surface area contributed by atoms with Crippen LogP contribution < -0.4 is 0 Å². The molecule has 0 atom stereocenters. The van der Waals surface area contributed by atoms with Crippen molar-refractivity contribution in [3.63, 3.8) is 0 Å². The summed E-state index contributed by atoms with van der Waals surface area (Å²) in [5.41, 5.74) is 1.77. The first kappa shape index (κ1) is 6.21. The maximum absolute atomic E-state index is 4.16. The monoisotopic (exact) mass is 149 g/mol. The molecule has 0 aliphatic heterocycles. The lowest BCUT2D eigenvalue weighted by molar-refractivity contribution is 0.753. The molecule has 0 saturated heterocycles. The van der Waals surface area contributed by atoms with Crippen molar-refractivity contribution in [2.24, 2.45) is 0 Å². The van der Waals surface area contributed by atoms with Crippen LogP contribution in [0.1, 0.15) is 11.4 Å². The Labute approximate surface area is 63.1 Å². The number of aromatic nitrogens is 5. The van der Waals surface area contributed by atoms with Crippen molar-refractivity contribution in [2.45, 2.75) is 13.8 Å². The normalized spacial score (nSPS) is 10.7. The van der Waals surface area contributed by atoms with Gasteiger partial charge in [0.15, 0.2) is 0 Å². The van der Waals surface area contributed by atoms with E-state index in [-0.39, 0.29) is 0 Å². The summed E-state index contributed by atoms with van der Waals surface area (Å²) in [4.78, 5) is 8.06. The van der Waals surface area contributed by atoms with Crippen LogP contribution in [0, 0.1) is 13.8 Å². The van der Waals surface area contributed by atoms with E-state index in [1.807, 2.05) is 13.8 Å².